The molecule has 7 nitrogen and oxygen atoms in total. The fourth-order valence-corrected chi connectivity index (χ4v) is 9.75. The first kappa shape index (κ1) is 30.7. The van der Waals surface area contributed by atoms with Gasteiger partial charge in [-0.3, -0.25) is 14.4 Å². The Bertz CT molecular complexity index is 928. The average molecular weight is 549 g/mol. The van der Waals surface area contributed by atoms with Crippen molar-refractivity contribution in [3.63, 3.8) is 0 Å². The van der Waals surface area contributed by atoms with E-state index < -0.39 is 28.2 Å². The predicted octanol–water partition coefficient (Wildman–Crippen LogP) is 4.44. The Morgan fingerprint density at radius 2 is 1.89 bits per heavy atom. The minimum absolute atomic E-state index is 0.0135. The molecule has 0 saturated carbocycles. The molecule has 3 saturated heterocycles. The smallest absolute Gasteiger partial charge is 0.310 e. The summed E-state index contributed by atoms with van der Waals surface area (Å²) in [5.74, 6) is -1.65. The summed E-state index contributed by atoms with van der Waals surface area (Å²) in [5, 5.41) is 9.58. The number of aliphatic hydroxyl groups excluding tert-OH is 1. The van der Waals surface area contributed by atoms with E-state index >= 15 is 0 Å². The number of hydrogen-bond acceptors (Lipinski definition) is 6. The molecular weight excluding hydrogens is 500 g/mol. The maximum absolute atomic E-state index is 14.7. The van der Waals surface area contributed by atoms with E-state index in [9.17, 15) is 19.5 Å². The third-order valence-electron chi connectivity index (χ3n) is 8.38. The van der Waals surface area contributed by atoms with Gasteiger partial charge in [0, 0.05) is 30.5 Å². The van der Waals surface area contributed by atoms with Gasteiger partial charge in [-0.2, -0.15) is 0 Å². The molecule has 2 bridgehead atoms. The molecular formula is C30H48N2O5S. The van der Waals surface area contributed by atoms with Crippen LogP contribution in [0.1, 0.15) is 73.6 Å². The van der Waals surface area contributed by atoms with Crippen molar-refractivity contribution < 1.29 is 24.2 Å². The Balaban J connectivity index is 2.03. The Morgan fingerprint density at radius 1 is 1.21 bits per heavy atom. The maximum atomic E-state index is 14.7. The van der Waals surface area contributed by atoms with Crippen molar-refractivity contribution in [2.75, 3.05) is 26.3 Å². The van der Waals surface area contributed by atoms with Gasteiger partial charge in [-0.05, 0) is 57.3 Å². The van der Waals surface area contributed by atoms with E-state index in [-0.39, 0.29) is 47.5 Å². The highest BCUT2D eigenvalue weighted by atomic mass is 32.2. The number of rotatable bonds is 13. The summed E-state index contributed by atoms with van der Waals surface area (Å²) < 4.78 is 4.96. The van der Waals surface area contributed by atoms with Crippen molar-refractivity contribution in [1.29, 1.82) is 0 Å². The van der Waals surface area contributed by atoms with E-state index in [1.165, 1.54) is 0 Å². The van der Waals surface area contributed by atoms with Crippen molar-refractivity contribution >= 4 is 29.5 Å². The minimum Gasteiger partial charge on any atom is -0.465 e. The molecule has 214 valence electrons. The van der Waals surface area contributed by atoms with E-state index in [0.717, 1.165) is 19.3 Å². The number of aliphatic hydroxyl groups is 1. The Hall–Kier alpha value is -1.80. The lowest BCUT2D eigenvalue weighted by atomic mass is 9.66. The van der Waals surface area contributed by atoms with Crippen molar-refractivity contribution in [2.24, 2.45) is 23.2 Å². The molecule has 0 radical (unpaired) electrons. The quantitative estimate of drug-likeness (QED) is 0.208. The van der Waals surface area contributed by atoms with E-state index in [1.54, 1.807) is 28.8 Å². The Labute approximate surface area is 233 Å². The number of fused-ring (bicyclic) bond motifs is 1. The molecule has 3 unspecified atom stereocenters. The summed E-state index contributed by atoms with van der Waals surface area (Å²) in [4.78, 5) is 45.7. The fourth-order valence-electron chi connectivity index (χ4n) is 7.35. The van der Waals surface area contributed by atoms with E-state index in [1.807, 2.05) is 4.90 Å². The van der Waals surface area contributed by atoms with Gasteiger partial charge in [-0.15, -0.1) is 24.9 Å². The number of unbranched alkanes of at least 4 members (excludes halogenated alkanes) is 1. The zero-order chi connectivity index (χ0) is 28.5. The Kier molecular flexibility index (Phi) is 9.50. The minimum atomic E-state index is -0.700. The summed E-state index contributed by atoms with van der Waals surface area (Å²) in [7, 11) is 0. The molecule has 0 aromatic heterocycles. The second-order valence-electron chi connectivity index (χ2n) is 13.0. The molecule has 6 atom stereocenters. The molecule has 0 aromatic rings. The van der Waals surface area contributed by atoms with Crippen LogP contribution in [0.3, 0.4) is 0 Å². The van der Waals surface area contributed by atoms with E-state index in [0.29, 0.717) is 26.0 Å². The lowest BCUT2D eigenvalue weighted by Crippen LogP contribution is -2.61. The van der Waals surface area contributed by atoms with Crippen LogP contribution in [0.15, 0.2) is 25.3 Å². The van der Waals surface area contributed by atoms with Crippen LogP contribution in [-0.2, 0) is 19.1 Å². The van der Waals surface area contributed by atoms with Gasteiger partial charge in [0.15, 0.2) is 0 Å². The predicted molar refractivity (Wildman–Crippen MR) is 153 cm³/mol. The molecule has 3 rings (SSSR count). The van der Waals surface area contributed by atoms with Crippen molar-refractivity contribution in [3.8, 4) is 0 Å². The lowest BCUT2D eigenvalue weighted by Gasteiger charge is -2.46. The van der Waals surface area contributed by atoms with Gasteiger partial charge in [0.25, 0.3) is 0 Å². The summed E-state index contributed by atoms with van der Waals surface area (Å²) in [6.07, 6.45) is 6.92. The van der Waals surface area contributed by atoms with Crippen molar-refractivity contribution in [2.45, 2.75) is 95.2 Å². The summed E-state index contributed by atoms with van der Waals surface area (Å²) in [6.45, 7) is 21.3. The first-order chi connectivity index (χ1) is 17.8. The zero-order valence-corrected chi connectivity index (χ0v) is 25.0. The SMILES string of the molecule is C=CCCCOC(=O)[C@@H]1[C@H]2C(=O)N(CCCO)C(C(=O)N(CC=C)C(C)(C)CC(C)(C)C)C23S[C@@H]1CC3C. The van der Waals surface area contributed by atoms with Crippen LogP contribution < -0.4 is 0 Å². The van der Waals surface area contributed by atoms with Gasteiger partial charge >= 0.3 is 5.97 Å². The molecule has 2 amide bonds. The number of allylic oxidation sites excluding steroid dienone is 1. The number of carbonyl (C=O) groups is 3. The summed E-state index contributed by atoms with van der Waals surface area (Å²) in [6, 6.07) is -0.700. The normalized spacial score (nSPS) is 30.3. The largest absolute Gasteiger partial charge is 0.465 e. The van der Waals surface area contributed by atoms with Crippen molar-refractivity contribution in [1.82, 2.24) is 9.80 Å². The number of likely N-dealkylation sites (tertiary alicyclic amines) is 1. The molecule has 3 heterocycles. The topological polar surface area (TPSA) is 87.1 Å². The number of hydrogen-bond donors (Lipinski definition) is 1. The van der Waals surface area contributed by atoms with Gasteiger partial charge in [0.2, 0.25) is 11.8 Å². The number of nitrogens with zero attached hydrogens (tertiary/aromatic N) is 2. The molecule has 38 heavy (non-hydrogen) atoms. The molecule has 0 aromatic carbocycles. The first-order valence-electron chi connectivity index (χ1n) is 14.1. The fraction of sp³-hybridized carbons (Fsp3) is 0.767. The second kappa shape index (κ2) is 11.7. The van der Waals surface area contributed by atoms with Crippen LogP contribution in [0, 0.1) is 23.2 Å². The highest BCUT2D eigenvalue weighted by molar-refractivity contribution is 8.02. The highest BCUT2D eigenvalue weighted by Gasteiger charge is 2.76. The average Bonchev–Trinajstić information content (AvgIpc) is 3.40. The summed E-state index contributed by atoms with van der Waals surface area (Å²) >= 11 is 1.66. The first-order valence-corrected chi connectivity index (χ1v) is 14.9. The lowest BCUT2D eigenvalue weighted by molar-refractivity contribution is -0.154. The number of thioether (sulfide) groups is 1. The molecule has 8 heteroatoms. The standard InChI is InChI=1S/C30H48N2O5S/c1-9-11-12-17-37-27(36)22-21-18-20(3)30(38-21)23(22)25(34)31(15-13-16-33)24(30)26(35)32(14-10-2)29(7,8)19-28(4,5)6/h9-10,20-24,33H,1-2,11-19H2,3-8H3/t20?,21-,22+,23+,24?,30?/m1/s1. The molecule has 3 aliphatic rings. The van der Waals surface area contributed by atoms with Gasteiger partial charge in [0.05, 0.1) is 23.2 Å². The van der Waals surface area contributed by atoms with Gasteiger partial charge < -0.3 is 19.6 Å². The molecule has 1 spiro atoms. The van der Waals surface area contributed by atoms with Crippen LogP contribution in [0.4, 0.5) is 0 Å². The third-order valence-corrected chi connectivity index (χ3v) is 10.5. The van der Waals surface area contributed by atoms with Crippen LogP contribution in [0.2, 0.25) is 0 Å². The summed E-state index contributed by atoms with van der Waals surface area (Å²) in [5.41, 5.74) is -0.488. The monoisotopic (exact) mass is 548 g/mol. The molecule has 3 aliphatic heterocycles. The Morgan fingerprint density at radius 3 is 2.47 bits per heavy atom. The number of esters is 1. The molecule has 0 aliphatic carbocycles. The third kappa shape index (κ3) is 5.58. The maximum Gasteiger partial charge on any atom is 0.310 e. The molecule has 1 N–H and O–H groups in total. The van der Waals surface area contributed by atoms with Crippen LogP contribution in [0.25, 0.3) is 0 Å². The zero-order valence-electron chi connectivity index (χ0n) is 24.2. The second-order valence-corrected chi connectivity index (χ2v) is 14.6. The number of ether oxygens (including phenoxy) is 1. The number of amides is 2. The van der Waals surface area contributed by atoms with Gasteiger partial charge in [0.1, 0.15) is 6.04 Å². The van der Waals surface area contributed by atoms with E-state index in [4.69, 9.17) is 4.74 Å². The van der Waals surface area contributed by atoms with Gasteiger partial charge in [-0.25, -0.2) is 0 Å². The molecule has 3 fully saturated rings. The highest BCUT2D eigenvalue weighted by Crippen LogP contribution is 2.69. The number of carbonyl (C=O) groups excluding carboxylic acids is 3. The van der Waals surface area contributed by atoms with Crippen LogP contribution >= 0.6 is 11.8 Å². The van der Waals surface area contributed by atoms with Crippen molar-refractivity contribution in [3.05, 3.63) is 25.3 Å². The van der Waals surface area contributed by atoms with Crippen LogP contribution in [-0.4, -0.2) is 80.6 Å². The van der Waals surface area contributed by atoms with Crippen LogP contribution in [0.5, 0.6) is 0 Å². The van der Waals surface area contributed by atoms with E-state index in [2.05, 4.69) is 54.7 Å². The van der Waals surface area contributed by atoms with Gasteiger partial charge in [-0.1, -0.05) is 39.8 Å².